The Morgan fingerprint density at radius 1 is 1.09 bits per heavy atom. The number of carbonyl (C=O) groups is 2. The molecule has 1 aliphatic carbocycles. The number of rotatable bonds is 4. The highest BCUT2D eigenvalue weighted by molar-refractivity contribution is 6.36. The number of hydrogen-bond donors (Lipinski definition) is 3. The van der Waals surface area contributed by atoms with Crippen LogP contribution >= 0.6 is 23.2 Å². The molecule has 4 rings (SSSR count). The molecule has 1 saturated heterocycles. The second kappa shape index (κ2) is 9.60. The van der Waals surface area contributed by atoms with Crippen LogP contribution in [0.2, 0.25) is 10.0 Å². The van der Waals surface area contributed by atoms with Gasteiger partial charge in [-0.05, 0) is 78.5 Å². The quantitative estimate of drug-likeness (QED) is 0.471. The number of hydrogen-bond acceptors (Lipinski definition) is 5. The van der Waals surface area contributed by atoms with Gasteiger partial charge in [0, 0.05) is 39.7 Å². The molecule has 9 heteroatoms. The van der Waals surface area contributed by atoms with Crippen molar-refractivity contribution in [3.8, 4) is 0 Å². The Bertz CT molecular complexity index is 1180. The molecule has 7 nitrogen and oxygen atoms in total. The van der Waals surface area contributed by atoms with Crippen LogP contribution in [0.4, 0.5) is 0 Å². The largest absolute Gasteiger partial charge is 0.455 e. The van der Waals surface area contributed by atoms with Crippen LogP contribution in [-0.2, 0) is 6.42 Å². The molecule has 1 aliphatic heterocycles. The van der Waals surface area contributed by atoms with Crippen molar-refractivity contribution >= 4 is 40.7 Å². The standard InChI is InChI=1S/C26H32Cl2N4O3/c1-14-21-19(30-31-23(33)17-10-9-15(27)11-18(17)28)7-6-8-20(21)35-22(14)24(34)29-16-12-25(2,3)32-26(4,5)13-16/h9-11,16,32H,6-8,12-13H2,1-5H3,(H,29,34)(H,31,33)/b30-19+. The molecular weight excluding hydrogens is 487 g/mol. The van der Waals surface area contributed by atoms with Gasteiger partial charge in [-0.25, -0.2) is 5.43 Å². The van der Waals surface area contributed by atoms with Crippen molar-refractivity contribution in [2.24, 2.45) is 5.10 Å². The third-order valence-corrected chi connectivity index (χ3v) is 7.07. The van der Waals surface area contributed by atoms with Crippen molar-refractivity contribution in [2.75, 3.05) is 0 Å². The summed E-state index contributed by atoms with van der Waals surface area (Å²) in [6.07, 6.45) is 3.85. The molecule has 2 aliphatic rings. The topological polar surface area (TPSA) is 95.7 Å². The maximum absolute atomic E-state index is 13.2. The number of amides is 2. The van der Waals surface area contributed by atoms with Crippen molar-refractivity contribution in [1.29, 1.82) is 0 Å². The Labute approximate surface area is 216 Å². The molecule has 0 spiro atoms. The van der Waals surface area contributed by atoms with Crippen molar-refractivity contribution in [3.05, 3.63) is 56.5 Å². The third-order valence-electron chi connectivity index (χ3n) is 6.53. The minimum Gasteiger partial charge on any atom is -0.455 e. The molecular formula is C26H32Cl2N4O3. The van der Waals surface area contributed by atoms with Gasteiger partial charge in [-0.2, -0.15) is 5.10 Å². The zero-order valence-corrected chi connectivity index (χ0v) is 22.3. The molecule has 0 atom stereocenters. The first-order chi connectivity index (χ1) is 16.3. The minimum atomic E-state index is -0.429. The van der Waals surface area contributed by atoms with Gasteiger partial charge in [0.15, 0.2) is 5.76 Å². The number of furan rings is 1. The third kappa shape index (κ3) is 5.74. The molecule has 1 aromatic heterocycles. The number of benzene rings is 1. The van der Waals surface area contributed by atoms with Crippen molar-refractivity contribution in [1.82, 2.24) is 16.1 Å². The maximum Gasteiger partial charge on any atom is 0.287 e. The summed E-state index contributed by atoms with van der Waals surface area (Å²) in [5.74, 6) is 0.390. The van der Waals surface area contributed by atoms with Gasteiger partial charge >= 0.3 is 0 Å². The van der Waals surface area contributed by atoms with Crippen LogP contribution in [0.3, 0.4) is 0 Å². The van der Waals surface area contributed by atoms with E-state index >= 15 is 0 Å². The van der Waals surface area contributed by atoms with E-state index in [0.29, 0.717) is 29.3 Å². The zero-order valence-electron chi connectivity index (χ0n) is 20.8. The van der Waals surface area contributed by atoms with Gasteiger partial charge in [0.25, 0.3) is 11.8 Å². The summed E-state index contributed by atoms with van der Waals surface area (Å²) in [6.45, 7) is 10.5. The Hall–Kier alpha value is -2.35. The Morgan fingerprint density at radius 2 is 1.77 bits per heavy atom. The molecule has 188 valence electrons. The van der Waals surface area contributed by atoms with Crippen LogP contribution in [0.15, 0.2) is 27.7 Å². The summed E-state index contributed by atoms with van der Waals surface area (Å²) < 4.78 is 6.04. The molecule has 0 bridgehead atoms. The second-order valence-electron chi connectivity index (χ2n) is 10.8. The normalized spacial score (nSPS) is 20.4. The number of carbonyl (C=O) groups excluding carboxylic acids is 2. The monoisotopic (exact) mass is 518 g/mol. The Balaban J connectivity index is 1.53. The predicted octanol–water partition coefficient (Wildman–Crippen LogP) is 5.40. The highest BCUT2D eigenvalue weighted by Crippen LogP contribution is 2.32. The Morgan fingerprint density at radius 3 is 2.43 bits per heavy atom. The van der Waals surface area contributed by atoms with E-state index in [4.69, 9.17) is 27.6 Å². The average Bonchev–Trinajstić information content (AvgIpc) is 3.07. The molecule has 2 aromatic rings. The summed E-state index contributed by atoms with van der Waals surface area (Å²) in [5, 5.41) is 11.9. The summed E-state index contributed by atoms with van der Waals surface area (Å²) in [6, 6.07) is 4.71. The highest BCUT2D eigenvalue weighted by Gasteiger charge is 2.39. The lowest BCUT2D eigenvalue weighted by Crippen LogP contribution is -2.62. The van der Waals surface area contributed by atoms with Crippen LogP contribution in [0.5, 0.6) is 0 Å². The van der Waals surface area contributed by atoms with Crippen LogP contribution in [0.25, 0.3) is 0 Å². The van der Waals surface area contributed by atoms with Gasteiger partial charge in [0.1, 0.15) is 5.76 Å². The molecule has 2 amide bonds. The van der Waals surface area contributed by atoms with Crippen LogP contribution in [0.1, 0.15) is 91.2 Å². The van der Waals surface area contributed by atoms with E-state index in [-0.39, 0.29) is 33.6 Å². The summed E-state index contributed by atoms with van der Waals surface area (Å²) in [7, 11) is 0. The number of piperidine rings is 1. The lowest BCUT2D eigenvalue weighted by atomic mass is 9.79. The molecule has 0 saturated carbocycles. The first-order valence-electron chi connectivity index (χ1n) is 11.9. The van der Waals surface area contributed by atoms with Gasteiger partial charge in [-0.1, -0.05) is 23.2 Å². The molecule has 0 radical (unpaired) electrons. The van der Waals surface area contributed by atoms with Crippen LogP contribution in [-0.4, -0.2) is 34.6 Å². The maximum atomic E-state index is 13.2. The number of halogens is 2. The number of nitrogens with one attached hydrogen (secondary N) is 3. The minimum absolute atomic E-state index is 0.0341. The lowest BCUT2D eigenvalue weighted by Gasteiger charge is -2.46. The van der Waals surface area contributed by atoms with Crippen molar-refractivity contribution in [2.45, 2.75) is 83.8 Å². The molecule has 2 heterocycles. The fraction of sp³-hybridized carbons (Fsp3) is 0.500. The highest BCUT2D eigenvalue weighted by atomic mass is 35.5. The predicted molar refractivity (Wildman–Crippen MR) is 139 cm³/mol. The van der Waals surface area contributed by atoms with Gasteiger partial charge in [0.05, 0.1) is 16.3 Å². The van der Waals surface area contributed by atoms with Gasteiger partial charge in [-0.3, -0.25) is 9.59 Å². The lowest BCUT2D eigenvalue weighted by molar-refractivity contribution is 0.0842. The Kier molecular flexibility index (Phi) is 7.06. The molecule has 1 aromatic carbocycles. The fourth-order valence-electron chi connectivity index (χ4n) is 5.52. The molecule has 0 unspecified atom stereocenters. The van der Waals surface area contributed by atoms with E-state index < -0.39 is 5.91 Å². The number of fused-ring (bicyclic) bond motifs is 1. The summed E-state index contributed by atoms with van der Waals surface area (Å²) >= 11 is 12.1. The van der Waals surface area contributed by atoms with Crippen LogP contribution in [0, 0.1) is 6.92 Å². The molecule has 3 N–H and O–H groups in total. The first kappa shape index (κ1) is 25.7. The van der Waals surface area contributed by atoms with E-state index in [2.05, 4.69) is 48.9 Å². The summed E-state index contributed by atoms with van der Waals surface area (Å²) in [4.78, 5) is 25.9. The SMILES string of the molecule is Cc1c(C(=O)NC2CC(C)(C)NC(C)(C)C2)oc2c1/C(=N/NC(=O)c1ccc(Cl)cc1Cl)CCC2. The number of hydrazone groups is 1. The number of nitrogens with zero attached hydrogens (tertiary/aromatic N) is 1. The van der Waals surface area contributed by atoms with Crippen molar-refractivity contribution < 1.29 is 14.0 Å². The van der Waals surface area contributed by atoms with Crippen LogP contribution < -0.4 is 16.1 Å². The average molecular weight is 519 g/mol. The number of aryl methyl sites for hydroxylation is 1. The van der Waals surface area contributed by atoms with E-state index in [0.717, 1.165) is 36.1 Å². The second-order valence-corrected chi connectivity index (χ2v) is 11.6. The van der Waals surface area contributed by atoms with E-state index in [1.165, 1.54) is 6.07 Å². The van der Waals surface area contributed by atoms with E-state index in [1.807, 2.05) is 6.92 Å². The zero-order chi connectivity index (χ0) is 25.5. The van der Waals surface area contributed by atoms with Gasteiger partial charge < -0.3 is 15.1 Å². The fourth-order valence-corrected chi connectivity index (χ4v) is 6.02. The van der Waals surface area contributed by atoms with Crippen molar-refractivity contribution in [3.63, 3.8) is 0 Å². The first-order valence-corrected chi connectivity index (χ1v) is 12.7. The van der Waals surface area contributed by atoms with E-state index in [1.54, 1.807) is 12.1 Å². The van der Waals surface area contributed by atoms with E-state index in [9.17, 15) is 9.59 Å². The smallest absolute Gasteiger partial charge is 0.287 e. The summed E-state index contributed by atoms with van der Waals surface area (Å²) in [5.41, 5.74) is 4.94. The molecule has 35 heavy (non-hydrogen) atoms. The van der Waals surface area contributed by atoms with Gasteiger partial charge in [0.2, 0.25) is 0 Å². The molecule has 1 fully saturated rings. The van der Waals surface area contributed by atoms with Gasteiger partial charge in [-0.15, -0.1) is 0 Å².